The van der Waals surface area contributed by atoms with Crippen molar-refractivity contribution >= 4 is 44.2 Å². The van der Waals surface area contributed by atoms with Gasteiger partial charge in [-0.05, 0) is 43.9 Å². The monoisotopic (exact) mass is 505 g/mol. The molecule has 2 N–H and O–H groups in total. The summed E-state index contributed by atoms with van der Waals surface area (Å²) >= 11 is 3.66. The van der Waals surface area contributed by atoms with Crippen LogP contribution in [0.2, 0.25) is 0 Å². The van der Waals surface area contributed by atoms with E-state index in [4.69, 9.17) is 9.73 Å². The third-order valence-corrected chi connectivity index (χ3v) is 5.99. The summed E-state index contributed by atoms with van der Waals surface area (Å²) in [6, 6.07) is 20.8. The molecule has 168 valence electrons. The molecule has 0 radical (unpaired) electrons. The minimum absolute atomic E-state index is 0.0158. The van der Waals surface area contributed by atoms with Crippen molar-refractivity contribution in [2.45, 2.75) is 6.54 Å². The molecule has 0 aliphatic carbocycles. The maximum atomic E-state index is 11.9. The first kappa shape index (κ1) is 22.8. The number of halogens is 1. The number of fused-ring (bicyclic) bond motifs is 1. The Morgan fingerprint density at radius 1 is 1.06 bits per heavy atom. The van der Waals surface area contributed by atoms with Gasteiger partial charge in [0.2, 0.25) is 0 Å². The number of aliphatic imine (C=N–C) groups is 1. The van der Waals surface area contributed by atoms with Gasteiger partial charge in [0.15, 0.2) is 5.88 Å². The second-order valence-electron chi connectivity index (χ2n) is 7.94. The average Bonchev–Trinajstić information content (AvgIpc) is 3.13. The molecular formula is C26H24BrN3O3. The van der Waals surface area contributed by atoms with Crippen LogP contribution in [0.4, 0.5) is 5.69 Å². The van der Waals surface area contributed by atoms with Crippen LogP contribution in [0, 0.1) is 0 Å². The highest BCUT2D eigenvalue weighted by Gasteiger charge is 2.20. The first-order chi connectivity index (χ1) is 15.9. The third kappa shape index (κ3) is 4.84. The maximum absolute atomic E-state index is 11.9. The Balaban J connectivity index is 1.88. The van der Waals surface area contributed by atoms with Gasteiger partial charge in [-0.2, -0.15) is 0 Å². The molecule has 0 amide bonds. The first-order valence-electron chi connectivity index (χ1n) is 10.4. The van der Waals surface area contributed by atoms with Crippen LogP contribution in [-0.4, -0.2) is 47.9 Å². The zero-order valence-corrected chi connectivity index (χ0v) is 20.2. The molecule has 1 heterocycles. The van der Waals surface area contributed by atoms with Gasteiger partial charge in [-0.25, -0.2) is 9.79 Å². The number of ether oxygens (including phenoxy) is 1. The molecule has 0 aliphatic rings. The smallest absolute Gasteiger partial charge is 0.337 e. The fraction of sp³-hybridized carbons (Fsp3) is 0.154. The number of aromatic nitrogens is 1. The van der Waals surface area contributed by atoms with Gasteiger partial charge in [-0.3, -0.25) is 0 Å². The molecule has 4 rings (SSSR count). The number of rotatable bonds is 6. The van der Waals surface area contributed by atoms with Crippen molar-refractivity contribution in [3.63, 3.8) is 0 Å². The predicted molar refractivity (Wildman–Crippen MR) is 135 cm³/mol. The summed E-state index contributed by atoms with van der Waals surface area (Å²) in [4.78, 5) is 22.0. The molecule has 0 spiro atoms. The largest absolute Gasteiger partial charge is 0.494 e. The number of aromatic amines is 1. The number of carbonyl (C=O) groups excluding carboxylic acids is 1. The SMILES string of the molecule is COC(=O)c1ccc2c(C(=Nc3ccc(CN(C)C)c(Br)c3)c3ccccc3)c(O)[nH]c2c1. The van der Waals surface area contributed by atoms with Gasteiger partial charge in [-0.15, -0.1) is 0 Å². The van der Waals surface area contributed by atoms with Crippen molar-refractivity contribution in [3.8, 4) is 5.88 Å². The number of methoxy groups -OCH3 is 1. The van der Waals surface area contributed by atoms with Gasteiger partial charge >= 0.3 is 5.97 Å². The molecular weight excluding hydrogens is 482 g/mol. The zero-order valence-electron chi connectivity index (χ0n) is 18.6. The van der Waals surface area contributed by atoms with Crippen LogP contribution in [0.25, 0.3) is 10.9 Å². The van der Waals surface area contributed by atoms with E-state index in [-0.39, 0.29) is 5.88 Å². The molecule has 0 saturated carbocycles. The Morgan fingerprint density at radius 2 is 1.82 bits per heavy atom. The van der Waals surface area contributed by atoms with E-state index in [9.17, 15) is 9.90 Å². The highest BCUT2D eigenvalue weighted by Crippen LogP contribution is 2.33. The van der Waals surface area contributed by atoms with Gasteiger partial charge in [-0.1, -0.05) is 58.4 Å². The van der Waals surface area contributed by atoms with E-state index in [1.54, 1.807) is 18.2 Å². The Labute approximate surface area is 200 Å². The number of aromatic hydroxyl groups is 1. The number of hydrogen-bond acceptors (Lipinski definition) is 5. The van der Waals surface area contributed by atoms with E-state index < -0.39 is 5.97 Å². The Bertz CT molecular complexity index is 1340. The van der Waals surface area contributed by atoms with Crippen molar-refractivity contribution in [1.29, 1.82) is 0 Å². The van der Waals surface area contributed by atoms with Gasteiger partial charge < -0.3 is 19.7 Å². The normalized spacial score (nSPS) is 11.8. The first-order valence-corrected chi connectivity index (χ1v) is 11.2. The number of nitrogens with zero attached hydrogens (tertiary/aromatic N) is 2. The van der Waals surface area contributed by atoms with Crippen molar-refractivity contribution in [2.24, 2.45) is 4.99 Å². The second kappa shape index (κ2) is 9.60. The Hall–Kier alpha value is -3.42. The molecule has 4 aromatic rings. The van der Waals surface area contributed by atoms with Crippen LogP contribution in [0.3, 0.4) is 0 Å². The summed E-state index contributed by atoms with van der Waals surface area (Å²) in [5, 5.41) is 11.6. The topological polar surface area (TPSA) is 77.9 Å². The van der Waals surface area contributed by atoms with Crippen LogP contribution in [0.1, 0.15) is 27.0 Å². The number of benzene rings is 3. The quantitative estimate of drug-likeness (QED) is 0.262. The summed E-state index contributed by atoms with van der Waals surface area (Å²) in [5.41, 5.74) is 4.99. The van der Waals surface area contributed by atoms with Gasteiger partial charge in [0.1, 0.15) is 0 Å². The highest BCUT2D eigenvalue weighted by atomic mass is 79.9. The molecule has 3 aromatic carbocycles. The van der Waals surface area contributed by atoms with Crippen LogP contribution >= 0.6 is 15.9 Å². The molecule has 7 heteroatoms. The lowest BCUT2D eigenvalue weighted by Gasteiger charge is -2.12. The standard InChI is InChI=1S/C26H24BrN3O3/c1-30(2)15-18-9-11-19(14-21(18)27)28-24(16-7-5-4-6-8-16)23-20-12-10-17(26(32)33-3)13-22(20)29-25(23)31/h4-14,29,31H,15H2,1-3H3. The lowest BCUT2D eigenvalue weighted by Crippen LogP contribution is -2.10. The number of esters is 1. The molecule has 0 unspecified atom stereocenters. The van der Waals surface area contributed by atoms with Crippen molar-refractivity contribution in [2.75, 3.05) is 21.2 Å². The number of hydrogen-bond donors (Lipinski definition) is 2. The van der Waals surface area contributed by atoms with E-state index >= 15 is 0 Å². The van der Waals surface area contributed by atoms with Gasteiger partial charge in [0, 0.05) is 27.5 Å². The maximum Gasteiger partial charge on any atom is 0.337 e. The summed E-state index contributed by atoms with van der Waals surface area (Å²) in [6.45, 7) is 0.807. The van der Waals surface area contributed by atoms with E-state index in [1.807, 2.05) is 62.6 Å². The van der Waals surface area contributed by atoms with Crippen molar-refractivity contribution in [1.82, 2.24) is 9.88 Å². The van der Waals surface area contributed by atoms with Crippen molar-refractivity contribution in [3.05, 3.63) is 93.5 Å². The summed E-state index contributed by atoms with van der Waals surface area (Å²) < 4.78 is 5.78. The molecule has 0 bridgehead atoms. The zero-order chi connectivity index (χ0) is 23.5. The minimum atomic E-state index is -0.438. The van der Waals surface area contributed by atoms with Crippen LogP contribution in [0.5, 0.6) is 5.88 Å². The number of carbonyl (C=O) groups is 1. The third-order valence-electron chi connectivity index (χ3n) is 5.25. The van der Waals surface area contributed by atoms with E-state index in [2.05, 4.69) is 25.8 Å². The molecule has 0 atom stereocenters. The van der Waals surface area contributed by atoms with Crippen LogP contribution in [0.15, 0.2) is 76.2 Å². The van der Waals surface area contributed by atoms with Gasteiger partial charge in [0.05, 0.1) is 29.6 Å². The highest BCUT2D eigenvalue weighted by molar-refractivity contribution is 9.10. The predicted octanol–water partition coefficient (Wildman–Crippen LogP) is 5.65. The lowest BCUT2D eigenvalue weighted by molar-refractivity contribution is 0.0601. The fourth-order valence-electron chi connectivity index (χ4n) is 3.73. The summed E-state index contributed by atoms with van der Waals surface area (Å²) in [5.74, 6) is -0.454. The molecule has 0 saturated heterocycles. The molecule has 33 heavy (non-hydrogen) atoms. The Kier molecular flexibility index (Phi) is 6.62. The van der Waals surface area contributed by atoms with E-state index in [0.717, 1.165) is 33.2 Å². The van der Waals surface area contributed by atoms with E-state index in [1.165, 1.54) is 7.11 Å². The Morgan fingerprint density at radius 3 is 2.48 bits per heavy atom. The fourth-order valence-corrected chi connectivity index (χ4v) is 4.22. The molecule has 0 aliphatic heterocycles. The summed E-state index contributed by atoms with van der Waals surface area (Å²) in [7, 11) is 5.39. The minimum Gasteiger partial charge on any atom is -0.494 e. The number of H-pyrrole nitrogens is 1. The second-order valence-corrected chi connectivity index (χ2v) is 8.79. The van der Waals surface area contributed by atoms with Crippen LogP contribution in [-0.2, 0) is 11.3 Å². The van der Waals surface area contributed by atoms with E-state index in [0.29, 0.717) is 22.4 Å². The molecule has 1 aromatic heterocycles. The summed E-state index contributed by atoms with van der Waals surface area (Å²) in [6.07, 6.45) is 0. The van der Waals surface area contributed by atoms with Crippen LogP contribution < -0.4 is 0 Å². The van der Waals surface area contributed by atoms with Crippen molar-refractivity contribution < 1.29 is 14.6 Å². The lowest BCUT2D eigenvalue weighted by atomic mass is 10.00. The number of nitrogens with one attached hydrogen (secondary N) is 1. The molecule has 6 nitrogen and oxygen atoms in total. The van der Waals surface area contributed by atoms with Gasteiger partial charge in [0.25, 0.3) is 0 Å². The molecule has 0 fully saturated rings. The average molecular weight is 506 g/mol.